The SMILES string of the molecule is COc1ccc(CN(Cc2ccc(OC)cc2)C(=O)OC[C@H](CCCCNC(=O)OCc2ccccc2)NC(=O)OC(C)(C)C)cc1. The van der Waals surface area contributed by atoms with Crippen LogP contribution < -0.4 is 20.1 Å². The number of carbonyl (C=O) groups is 3. The summed E-state index contributed by atoms with van der Waals surface area (Å²) in [6.45, 7) is 6.45. The van der Waals surface area contributed by atoms with Gasteiger partial charge in [0.1, 0.15) is 30.3 Å². The van der Waals surface area contributed by atoms with Gasteiger partial charge in [-0.25, -0.2) is 14.4 Å². The fourth-order valence-corrected chi connectivity index (χ4v) is 4.50. The summed E-state index contributed by atoms with van der Waals surface area (Å²) < 4.78 is 27.0. The molecule has 11 nitrogen and oxygen atoms in total. The van der Waals surface area contributed by atoms with Crippen molar-refractivity contribution < 1.29 is 38.1 Å². The molecule has 3 aromatic rings. The smallest absolute Gasteiger partial charge is 0.410 e. The summed E-state index contributed by atoms with van der Waals surface area (Å²) in [5, 5.41) is 5.58. The van der Waals surface area contributed by atoms with Crippen LogP contribution in [0.3, 0.4) is 0 Å². The maximum absolute atomic E-state index is 13.5. The van der Waals surface area contributed by atoms with Crippen LogP contribution >= 0.6 is 0 Å². The van der Waals surface area contributed by atoms with E-state index in [1.54, 1.807) is 39.9 Å². The van der Waals surface area contributed by atoms with Crippen molar-refractivity contribution in [3.8, 4) is 11.5 Å². The van der Waals surface area contributed by atoms with Gasteiger partial charge >= 0.3 is 18.3 Å². The zero-order chi connectivity index (χ0) is 34.1. The summed E-state index contributed by atoms with van der Waals surface area (Å²) in [5.41, 5.74) is 2.01. The lowest BCUT2D eigenvalue weighted by atomic mass is 10.1. The standard InChI is InChI=1S/C36H47N3O8/c1-36(2,3)47-34(41)38-30(13-9-10-22-37-33(40)45-25-29-11-7-6-8-12-29)26-46-35(42)39(23-27-14-18-31(43-4)19-15-27)24-28-16-20-32(44-5)21-17-28/h6-8,11-12,14-21,30H,9-10,13,22-26H2,1-5H3,(H,37,40)(H,38,41)/t30-/m0/s1. The molecule has 11 heteroatoms. The maximum Gasteiger partial charge on any atom is 0.410 e. The Morgan fingerprint density at radius 3 is 1.83 bits per heavy atom. The minimum absolute atomic E-state index is 0.0631. The molecule has 0 unspecified atom stereocenters. The second-order valence-corrected chi connectivity index (χ2v) is 12.0. The van der Waals surface area contributed by atoms with E-state index >= 15 is 0 Å². The Morgan fingerprint density at radius 1 is 0.723 bits per heavy atom. The van der Waals surface area contributed by atoms with Gasteiger partial charge in [0.2, 0.25) is 0 Å². The van der Waals surface area contributed by atoms with Gasteiger partial charge < -0.3 is 34.3 Å². The Labute approximate surface area is 277 Å². The third-order valence-corrected chi connectivity index (χ3v) is 6.91. The topological polar surface area (TPSA) is 125 Å². The summed E-state index contributed by atoms with van der Waals surface area (Å²) in [6.07, 6.45) is 0.120. The van der Waals surface area contributed by atoms with Crippen LogP contribution in [0.5, 0.6) is 11.5 Å². The van der Waals surface area contributed by atoms with Crippen LogP contribution in [0.25, 0.3) is 0 Å². The predicted molar refractivity (Wildman–Crippen MR) is 178 cm³/mol. The highest BCUT2D eigenvalue weighted by atomic mass is 16.6. The van der Waals surface area contributed by atoms with E-state index in [4.69, 9.17) is 23.7 Å². The summed E-state index contributed by atoms with van der Waals surface area (Å²) >= 11 is 0. The first kappa shape index (κ1) is 36.5. The molecule has 0 aliphatic heterocycles. The number of rotatable bonds is 16. The number of amides is 3. The van der Waals surface area contributed by atoms with E-state index < -0.39 is 29.9 Å². The quantitative estimate of drug-likeness (QED) is 0.128. The lowest BCUT2D eigenvalue weighted by Crippen LogP contribution is -2.43. The van der Waals surface area contributed by atoms with Crippen LogP contribution in [0.15, 0.2) is 78.9 Å². The number of alkyl carbamates (subject to hydrolysis) is 2. The van der Waals surface area contributed by atoms with E-state index in [0.717, 1.165) is 16.7 Å². The minimum atomic E-state index is -0.692. The average molecular weight is 650 g/mol. The molecule has 0 aliphatic rings. The Bertz CT molecular complexity index is 1330. The van der Waals surface area contributed by atoms with Gasteiger partial charge in [0.25, 0.3) is 0 Å². The van der Waals surface area contributed by atoms with Crippen LogP contribution in [0, 0.1) is 0 Å². The van der Waals surface area contributed by atoms with Gasteiger partial charge in [0.15, 0.2) is 0 Å². The first-order valence-electron chi connectivity index (χ1n) is 15.7. The number of hydrogen-bond acceptors (Lipinski definition) is 8. The molecule has 254 valence electrons. The molecule has 3 rings (SSSR count). The molecule has 0 radical (unpaired) electrons. The number of carbonyl (C=O) groups excluding carboxylic acids is 3. The molecule has 0 fully saturated rings. The molecular weight excluding hydrogens is 602 g/mol. The molecule has 3 amide bonds. The number of hydrogen-bond donors (Lipinski definition) is 2. The van der Waals surface area contributed by atoms with Crippen LogP contribution in [-0.4, -0.2) is 62.2 Å². The number of nitrogens with zero attached hydrogens (tertiary/aromatic N) is 1. The number of ether oxygens (including phenoxy) is 5. The highest BCUT2D eigenvalue weighted by Gasteiger charge is 2.23. The van der Waals surface area contributed by atoms with Crippen LogP contribution in [0.1, 0.15) is 56.7 Å². The largest absolute Gasteiger partial charge is 0.497 e. The monoisotopic (exact) mass is 649 g/mol. The zero-order valence-corrected chi connectivity index (χ0v) is 28.0. The normalized spacial score (nSPS) is 11.5. The Morgan fingerprint density at radius 2 is 1.30 bits per heavy atom. The van der Waals surface area contributed by atoms with Gasteiger partial charge in [-0.05, 0) is 81.0 Å². The highest BCUT2D eigenvalue weighted by Crippen LogP contribution is 2.18. The molecule has 0 spiro atoms. The summed E-state index contributed by atoms with van der Waals surface area (Å²) in [6, 6.07) is 23.9. The van der Waals surface area contributed by atoms with Crippen molar-refractivity contribution in [2.75, 3.05) is 27.4 Å². The van der Waals surface area contributed by atoms with Crippen molar-refractivity contribution in [1.82, 2.24) is 15.5 Å². The number of benzene rings is 3. The van der Waals surface area contributed by atoms with E-state index in [1.165, 1.54) is 0 Å². The molecule has 0 heterocycles. The van der Waals surface area contributed by atoms with Gasteiger partial charge in [-0.3, -0.25) is 4.90 Å². The van der Waals surface area contributed by atoms with Crippen molar-refractivity contribution in [3.63, 3.8) is 0 Å². The lowest BCUT2D eigenvalue weighted by Gasteiger charge is -2.26. The highest BCUT2D eigenvalue weighted by molar-refractivity contribution is 5.69. The Hall–Kier alpha value is -4.93. The van der Waals surface area contributed by atoms with Gasteiger partial charge in [0.05, 0.1) is 20.3 Å². The van der Waals surface area contributed by atoms with Crippen LogP contribution in [-0.2, 0) is 33.9 Å². The molecule has 0 bridgehead atoms. The fourth-order valence-electron chi connectivity index (χ4n) is 4.50. The van der Waals surface area contributed by atoms with Crippen molar-refractivity contribution >= 4 is 18.3 Å². The molecule has 2 N–H and O–H groups in total. The van der Waals surface area contributed by atoms with Gasteiger partial charge in [0, 0.05) is 19.6 Å². The van der Waals surface area contributed by atoms with Crippen molar-refractivity contribution in [1.29, 1.82) is 0 Å². The number of nitrogens with one attached hydrogen (secondary N) is 2. The van der Waals surface area contributed by atoms with E-state index in [1.807, 2.05) is 78.9 Å². The average Bonchev–Trinajstić information content (AvgIpc) is 3.05. The van der Waals surface area contributed by atoms with E-state index in [2.05, 4.69) is 10.6 Å². The molecule has 0 saturated heterocycles. The summed E-state index contributed by atoms with van der Waals surface area (Å²) in [4.78, 5) is 39.8. The molecular formula is C36H47N3O8. The Kier molecular flexibility index (Phi) is 14.7. The molecule has 0 aliphatic carbocycles. The van der Waals surface area contributed by atoms with E-state index in [9.17, 15) is 14.4 Å². The van der Waals surface area contributed by atoms with Gasteiger partial charge in [-0.15, -0.1) is 0 Å². The first-order chi connectivity index (χ1) is 22.5. The van der Waals surface area contributed by atoms with Crippen LogP contribution in [0.4, 0.5) is 14.4 Å². The van der Waals surface area contributed by atoms with Gasteiger partial charge in [-0.2, -0.15) is 0 Å². The number of methoxy groups -OCH3 is 2. The van der Waals surface area contributed by atoms with Crippen molar-refractivity contribution in [2.45, 2.75) is 71.4 Å². The van der Waals surface area contributed by atoms with Crippen molar-refractivity contribution in [3.05, 3.63) is 95.6 Å². The first-order valence-corrected chi connectivity index (χ1v) is 15.7. The molecule has 1 atom stereocenters. The molecule has 0 saturated carbocycles. The Balaban J connectivity index is 1.58. The van der Waals surface area contributed by atoms with Gasteiger partial charge in [-0.1, -0.05) is 54.6 Å². The minimum Gasteiger partial charge on any atom is -0.497 e. The maximum atomic E-state index is 13.5. The second-order valence-electron chi connectivity index (χ2n) is 12.0. The molecule has 0 aromatic heterocycles. The third kappa shape index (κ3) is 14.4. The third-order valence-electron chi connectivity index (χ3n) is 6.91. The second kappa shape index (κ2) is 18.9. The lowest BCUT2D eigenvalue weighted by molar-refractivity contribution is 0.0442. The zero-order valence-electron chi connectivity index (χ0n) is 28.0. The molecule has 3 aromatic carbocycles. The summed E-state index contributed by atoms with van der Waals surface area (Å²) in [5.74, 6) is 1.43. The summed E-state index contributed by atoms with van der Waals surface area (Å²) in [7, 11) is 3.20. The fraction of sp³-hybridized carbons (Fsp3) is 0.417. The van der Waals surface area contributed by atoms with E-state index in [0.29, 0.717) is 50.4 Å². The van der Waals surface area contributed by atoms with Crippen LogP contribution in [0.2, 0.25) is 0 Å². The number of unbranched alkanes of at least 4 members (excludes halogenated alkanes) is 1. The predicted octanol–water partition coefficient (Wildman–Crippen LogP) is 6.83. The van der Waals surface area contributed by atoms with E-state index in [-0.39, 0.29) is 13.2 Å². The van der Waals surface area contributed by atoms with Crippen molar-refractivity contribution in [2.24, 2.45) is 0 Å². The molecule has 47 heavy (non-hydrogen) atoms.